The van der Waals surface area contributed by atoms with Crippen molar-refractivity contribution in [1.82, 2.24) is 35.6 Å². The molecule has 0 bridgehead atoms. The first-order valence-corrected chi connectivity index (χ1v) is 28.2. The summed E-state index contributed by atoms with van der Waals surface area (Å²) in [4.78, 5) is 145. The van der Waals surface area contributed by atoms with Gasteiger partial charge >= 0.3 is 13.3 Å². The molecule has 3 aromatic carbocycles. The highest BCUT2D eigenvalue weighted by Gasteiger charge is 2.51. The van der Waals surface area contributed by atoms with Crippen LogP contribution in [-0.2, 0) is 39.0 Å². The molecule has 0 radical (unpaired) electrons. The molecular formula is C55H60F2N7O12PS. The molecule has 9 amide bonds. The van der Waals surface area contributed by atoms with E-state index in [9.17, 15) is 66.3 Å². The quantitative estimate of drug-likeness (QED) is 0.0337. The molecule has 1 unspecified atom stereocenters. The number of hydrogen-bond acceptors (Lipinski definition) is 11. The van der Waals surface area contributed by atoms with E-state index in [0.29, 0.717) is 55.5 Å². The number of likely N-dealkylation sites (tertiary alicyclic amines) is 1. The Labute approximate surface area is 452 Å². The number of rotatable bonds is 15. The monoisotopic (exact) mass is 1110 g/mol. The lowest BCUT2D eigenvalue weighted by Crippen LogP contribution is -2.66. The average molecular weight is 1110 g/mol. The average Bonchev–Trinajstić information content (AvgIpc) is 4.01. The number of imide groups is 2. The lowest BCUT2D eigenvalue weighted by Gasteiger charge is -2.45. The molecule has 4 aliphatic rings. The van der Waals surface area contributed by atoms with Gasteiger partial charge in [0.2, 0.25) is 35.4 Å². The van der Waals surface area contributed by atoms with Gasteiger partial charge in [-0.15, -0.1) is 11.3 Å². The minimum atomic E-state index is -5.87. The van der Waals surface area contributed by atoms with E-state index in [0.717, 1.165) is 40.4 Å². The molecule has 0 spiro atoms. The summed E-state index contributed by atoms with van der Waals surface area (Å²) in [7, 11) is -5.87. The van der Waals surface area contributed by atoms with Crippen LogP contribution in [0.1, 0.15) is 132 Å². The van der Waals surface area contributed by atoms with Crippen molar-refractivity contribution in [1.29, 1.82) is 0 Å². The SMILES string of the molecule is CC(C)(C)[C@H](NC(=O)c1cc2cc(C(F)(F)P(=O)(O)O)ccc2s1)C(=O)N1CCN(C(=O)CC(=O)NCCCCCC#Cc2cccc3c2C(=O)N(C2CCC(=O)NC2=O)C3=O)C[C@H]1C(=O)N1CCC[C@H](c2ccccc2)C1. The van der Waals surface area contributed by atoms with Crippen molar-refractivity contribution < 1.29 is 66.3 Å². The summed E-state index contributed by atoms with van der Waals surface area (Å²) in [5, 5.41) is 7.88. The molecule has 3 fully saturated rings. The fourth-order valence-corrected chi connectivity index (χ4v) is 11.7. The van der Waals surface area contributed by atoms with Gasteiger partial charge in [-0.05, 0) is 78.8 Å². The predicted molar refractivity (Wildman–Crippen MR) is 282 cm³/mol. The molecule has 78 heavy (non-hydrogen) atoms. The number of hydrogen-bond donors (Lipinski definition) is 5. The Balaban J connectivity index is 0.881. The summed E-state index contributed by atoms with van der Waals surface area (Å²) >= 11 is 0.928. The van der Waals surface area contributed by atoms with Crippen molar-refractivity contribution in [3.8, 4) is 11.8 Å². The van der Waals surface area contributed by atoms with Gasteiger partial charge in [-0.25, -0.2) is 0 Å². The second-order valence-corrected chi connectivity index (χ2v) is 23.7. The van der Waals surface area contributed by atoms with Gasteiger partial charge in [-0.3, -0.25) is 57.9 Å². The number of halogens is 2. The van der Waals surface area contributed by atoms with E-state index >= 15 is 0 Å². The van der Waals surface area contributed by atoms with E-state index in [4.69, 9.17) is 0 Å². The van der Waals surface area contributed by atoms with Crippen LogP contribution in [0.5, 0.6) is 0 Å². The van der Waals surface area contributed by atoms with Gasteiger partial charge in [0.1, 0.15) is 24.5 Å². The van der Waals surface area contributed by atoms with Crippen LogP contribution in [0.25, 0.3) is 10.1 Å². The van der Waals surface area contributed by atoms with Gasteiger partial charge < -0.3 is 35.1 Å². The summed E-state index contributed by atoms with van der Waals surface area (Å²) in [6, 6.07) is 15.3. The molecule has 5 heterocycles. The Morgan fingerprint density at radius 1 is 0.872 bits per heavy atom. The lowest BCUT2D eigenvalue weighted by molar-refractivity contribution is -0.155. The van der Waals surface area contributed by atoms with Crippen LogP contribution in [-0.4, -0.2) is 140 Å². The smallest absolute Gasteiger partial charge is 0.356 e. The van der Waals surface area contributed by atoms with Gasteiger partial charge in [0, 0.05) is 67.3 Å². The summed E-state index contributed by atoms with van der Waals surface area (Å²) < 4.78 is 41.1. The maximum atomic E-state index is 14.9. The van der Waals surface area contributed by atoms with Crippen LogP contribution in [0.4, 0.5) is 8.78 Å². The maximum Gasteiger partial charge on any atom is 0.399 e. The number of fused-ring (bicyclic) bond motifs is 2. The number of piperazine rings is 1. The molecule has 0 aliphatic carbocycles. The molecule has 4 atom stereocenters. The summed E-state index contributed by atoms with van der Waals surface area (Å²) in [5.74, 6) is 0.786. The second kappa shape index (κ2) is 23.4. The molecule has 4 aromatic rings. The van der Waals surface area contributed by atoms with E-state index in [1.807, 2.05) is 30.3 Å². The van der Waals surface area contributed by atoms with Crippen molar-refractivity contribution in [3.05, 3.63) is 105 Å². The number of nitrogens with zero attached hydrogens (tertiary/aromatic N) is 4. The highest BCUT2D eigenvalue weighted by Crippen LogP contribution is 2.59. The topological polar surface area (TPSA) is 260 Å². The van der Waals surface area contributed by atoms with Crippen LogP contribution >= 0.6 is 18.9 Å². The molecule has 412 valence electrons. The van der Waals surface area contributed by atoms with Crippen LogP contribution in [0.15, 0.2) is 72.8 Å². The van der Waals surface area contributed by atoms with Crippen molar-refractivity contribution in [2.24, 2.45) is 5.41 Å². The highest BCUT2D eigenvalue weighted by atomic mass is 32.1. The molecule has 3 saturated heterocycles. The number of carbonyl (C=O) groups excluding carboxylic acids is 9. The first-order valence-electron chi connectivity index (χ1n) is 25.7. The van der Waals surface area contributed by atoms with Crippen molar-refractivity contribution >= 4 is 82.2 Å². The Morgan fingerprint density at radius 3 is 2.35 bits per heavy atom. The summed E-state index contributed by atoms with van der Waals surface area (Å²) in [6.45, 7) is 5.85. The number of nitrogens with one attached hydrogen (secondary N) is 3. The minimum Gasteiger partial charge on any atom is -0.356 e. The second-order valence-electron chi connectivity index (χ2n) is 21.0. The zero-order valence-corrected chi connectivity index (χ0v) is 44.9. The fourth-order valence-electron chi connectivity index (χ4n) is 10.2. The van der Waals surface area contributed by atoms with Crippen LogP contribution in [0.2, 0.25) is 0 Å². The Hall–Kier alpha value is -7.18. The molecule has 23 heteroatoms. The van der Waals surface area contributed by atoms with E-state index < -0.39 is 102 Å². The largest absolute Gasteiger partial charge is 0.399 e. The molecule has 19 nitrogen and oxygen atoms in total. The number of carbonyl (C=O) groups is 9. The summed E-state index contributed by atoms with van der Waals surface area (Å²) in [5.41, 5.74) is -4.71. The van der Waals surface area contributed by atoms with Crippen molar-refractivity contribution in [2.45, 2.75) is 108 Å². The highest BCUT2D eigenvalue weighted by molar-refractivity contribution is 7.52. The zero-order chi connectivity index (χ0) is 56.3. The van der Waals surface area contributed by atoms with E-state index in [2.05, 4.69) is 27.8 Å². The van der Waals surface area contributed by atoms with Crippen LogP contribution in [0.3, 0.4) is 0 Å². The number of amides is 9. The third kappa shape index (κ3) is 12.4. The standard InChI is InChI=1S/C55H60F2N7O12PS/c1-54(2,3)47(60-49(69)42-29-36-28-37(20-22-41(36)78-42)55(56,57)77(74,75)76)53(73)63-27-26-61(32-40(63)51(71)62-25-13-18-35(31-62)33-14-9-7-10-15-33)45(67)30-44(66)58-24-11-6-4-5-8-16-34-17-12-19-38-46(34)52(72)64(50(38)70)39-21-23-43(65)59-48(39)68/h7,9-10,12,14-15,17,19-20,22,28-29,35,39-40,47H,4-6,11,13,18,21,23-27,30-32H2,1-3H3,(H,58,66)(H,60,69)(H,59,65,68)(H2,74,75,76)/t35-,39?,40-,47+/m0/s1. The molecule has 4 aliphatic heterocycles. The van der Waals surface area contributed by atoms with Gasteiger partial charge in [0.15, 0.2) is 0 Å². The number of benzene rings is 3. The third-order valence-corrected chi connectivity index (χ3v) is 16.6. The third-order valence-electron chi connectivity index (χ3n) is 14.5. The maximum absolute atomic E-state index is 14.9. The number of unbranched alkanes of at least 4 members (excludes halogenated alkanes) is 3. The van der Waals surface area contributed by atoms with E-state index in [-0.39, 0.29) is 66.3 Å². The molecular weight excluding hydrogens is 1050 g/mol. The lowest BCUT2D eigenvalue weighted by atomic mass is 9.85. The van der Waals surface area contributed by atoms with Crippen LogP contribution in [0, 0.1) is 17.3 Å². The molecule has 5 N–H and O–H groups in total. The number of alkyl halides is 2. The predicted octanol–water partition coefficient (Wildman–Crippen LogP) is 5.24. The molecule has 0 saturated carbocycles. The summed E-state index contributed by atoms with van der Waals surface area (Å²) in [6.07, 6.45) is 3.31. The molecule has 8 rings (SSSR count). The first kappa shape index (κ1) is 57.0. The molecule has 1 aromatic heterocycles. The van der Waals surface area contributed by atoms with E-state index in [1.165, 1.54) is 28.0 Å². The number of thiophene rings is 1. The Morgan fingerprint density at radius 2 is 1.63 bits per heavy atom. The van der Waals surface area contributed by atoms with Crippen molar-refractivity contribution in [3.63, 3.8) is 0 Å². The van der Waals surface area contributed by atoms with Crippen LogP contribution < -0.4 is 16.0 Å². The Kier molecular flexibility index (Phi) is 17.1. The zero-order valence-electron chi connectivity index (χ0n) is 43.2. The minimum absolute atomic E-state index is 0.00291. The van der Waals surface area contributed by atoms with Gasteiger partial charge in [-0.1, -0.05) is 81.5 Å². The van der Waals surface area contributed by atoms with Gasteiger partial charge in [0.25, 0.3) is 17.7 Å². The normalized spacial score (nSPS) is 19.4. The number of piperidine rings is 2. The fraction of sp³-hybridized carbons (Fsp3) is 0.436. The van der Waals surface area contributed by atoms with Crippen molar-refractivity contribution in [2.75, 3.05) is 39.3 Å². The Bertz CT molecular complexity index is 3180. The van der Waals surface area contributed by atoms with Gasteiger partial charge in [0.05, 0.1) is 22.5 Å². The van der Waals surface area contributed by atoms with Gasteiger partial charge in [-0.2, -0.15) is 8.78 Å². The first-order chi connectivity index (χ1) is 36.9. The van der Waals surface area contributed by atoms with E-state index in [1.54, 1.807) is 37.8 Å².